The van der Waals surface area contributed by atoms with Crippen LogP contribution in [0.15, 0.2) is 24.3 Å². The molecule has 0 fully saturated rings. The number of nitrogens with two attached hydrogens (primary N) is 1. The summed E-state index contributed by atoms with van der Waals surface area (Å²) in [6, 6.07) is 7.53. The molecule has 1 rings (SSSR count). The third-order valence-electron chi connectivity index (χ3n) is 2.71. The predicted molar refractivity (Wildman–Crippen MR) is 71.0 cm³/mol. The van der Waals surface area contributed by atoms with Gasteiger partial charge in [0.25, 0.3) is 0 Å². The van der Waals surface area contributed by atoms with Crippen LogP contribution in [-0.2, 0) is 0 Å². The molecule has 0 aliphatic rings. The van der Waals surface area contributed by atoms with Crippen molar-refractivity contribution in [1.29, 1.82) is 0 Å². The van der Waals surface area contributed by atoms with Crippen LogP contribution in [0.2, 0.25) is 0 Å². The smallest absolute Gasteiger partial charge is 0.321 e. The molecule has 0 bridgehead atoms. The van der Waals surface area contributed by atoms with E-state index in [9.17, 15) is 4.79 Å². The van der Waals surface area contributed by atoms with Crippen LogP contribution in [0.3, 0.4) is 0 Å². The van der Waals surface area contributed by atoms with Crippen LogP contribution < -0.4 is 11.1 Å². The SMILES string of the molecule is CCN(CC)C(=O)Nc1cccc(C(C)N)c1. The molecular weight excluding hydrogens is 214 g/mol. The number of urea groups is 1. The predicted octanol–water partition coefficient (Wildman–Crippen LogP) is 2.58. The molecule has 3 N–H and O–H groups in total. The summed E-state index contributed by atoms with van der Waals surface area (Å²) in [5.41, 5.74) is 7.61. The van der Waals surface area contributed by atoms with Gasteiger partial charge in [-0.15, -0.1) is 0 Å². The molecule has 0 aliphatic heterocycles. The summed E-state index contributed by atoms with van der Waals surface area (Å²) in [7, 11) is 0. The van der Waals surface area contributed by atoms with E-state index in [0.717, 1.165) is 11.3 Å². The molecule has 4 nitrogen and oxygen atoms in total. The van der Waals surface area contributed by atoms with Gasteiger partial charge in [-0.2, -0.15) is 0 Å². The first kappa shape index (κ1) is 13.5. The van der Waals surface area contributed by atoms with Crippen molar-refractivity contribution in [2.24, 2.45) is 5.73 Å². The van der Waals surface area contributed by atoms with Gasteiger partial charge in [0.2, 0.25) is 0 Å². The first-order chi connectivity index (χ1) is 8.08. The van der Waals surface area contributed by atoms with Crippen molar-refractivity contribution in [3.05, 3.63) is 29.8 Å². The topological polar surface area (TPSA) is 58.4 Å². The maximum absolute atomic E-state index is 11.8. The molecule has 0 saturated carbocycles. The third-order valence-corrected chi connectivity index (χ3v) is 2.71. The lowest BCUT2D eigenvalue weighted by Crippen LogP contribution is -2.34. The fourth-order valence-corrected chi connectivity index (χ4v) is 1.61. The summed E-state index contributed by atoms with van der Waals surface area (Å²) in [6.45, 7) is 7.25. The number of nitrogens with zero attached hydrogens (tertiary/aromatic N) is 1. The second-order valence-corrected chi connectivity index (χ2v) is 4.02. The van der Waals surface area contributed by atoms with Crippen LogP contribution in [0, 0.1) is 0 Å². The molecule has 17 heavy (non-hydrogen) atoms. The van der Waals surface area contributed by atoms with Crippen LogP contribution in [0.1, 0.15) is 32.4 Å². The Hall–Kier alpha value is -1.55. The first-order valence-electron chi connectivity index (χ1n) is 6.00. The number of nitrogens with one attached hydrogen (secondary N) is 1. The van der Waals surface area contributed by atoms with Gasteiger partial charge in [-0.25, -0.2) is 4.79 Å². The van der Waals surface area contributed by atoms with Crippen molar-refractivity contribution in [3.63, 3.8) is 0 Å². The lowest BCUT2D eigenvalue weighted by molar-refractivity contribution is 0.217. The molecular formula is C13H21N3O. The van der Waals surface area contributed by atoms with Crippen molar-refractivity contribution >= 4 is 11.7 Å². The zero-order chi connectivity index (χ0) is 12.8. The Bertz CT molecular complexity index is 373. The lowest BCUT2D eigenvalue weighted by Gasteiger charge is -2.19. The largest absolute Gasteiger partial charge is 0.325 e. The Morgan fingerprint density at radius 2 is 2.06 bits per heavy atom. The van der Waals surface area contributed by atoms with Crippen molar-refractivity contribution < 1.29 is 4.79 Å². The van der Waals surface area contributed by atoms with Gasteiger partial charge in [0, 0.05) is 24.8 Å². The number of hydrogen-bond donors (Lipinski definition) is 2. The van der Waals surface area contributed by atoms with E-state index in [1.54, 1.807) is 4.90 Å². The minimum atomic E-state index is -0.0724. The molecule has 0 aromatic heterocycles. The lowest BCUT2D eigenvalue weighted by atomic mass is 10.1. The second kappa shape index (κ2) is 6.25. The average molecular weight is 235 g/mol. The second-order valence-electron chi connectivity index (χ2n) is 4.02. The number of anilines is 1. The minimum absolute atomic E-state index is 0.0275. The maximum atomic E-state index is 11.8. The number of carbonyl (C=O) groups is 1. The summed E-state index contributed by atoms with van der Waals surface area (Å²) in [4.78, 5) is 13.6. The van der Waals surface area contributed by atoms with Crippen LogP contribution in [0.5, 0.6) is 0 Å². The summed E-state index contributed by atoms with van der Waals surface area (Å²) in [5.74, 6) is 0. The minimum Gasteiger partial charge on any atom is -0.325 e. The van der Waals surface area contributed by atoms with Gasteiger partial charge in [-0.05, 0) is 38.5 Å². The Balaban J connectivity index is 2.74. The maximum Gasteiger partial charge on any atom is 0.321 e. The molecule has 0 spiro atoms. The van der Waals surface area contributed by atoms with Crippen LogP contribution in [0.4, 0.5) is 10.5 Å². The van der Waals surface area contributed by atoms with Crippen molar-refractivity contribution in [2.75, 3.05) is 18.4 Å². The average Bonchev–Trinajstić information content (AvgIpc) is 2.30. The molecule has 2 amide bonds. The van der Waals surface area contributed by atoms with Crippen LogP contribution >= 0.6 is 0 Å². The molecule has 0 heterocycles. The van der Waals surface area contributed by atoms with Gasteiger partial charge in [-0.1, -0.05) is 12.1 Å². The zero-order valence-corrected chi connectivity index (χ0v) is 10.7. The Kier molecular flexibility index (Phi) is 4.97. The Labute approximate surface area is 103 Å². The molecule has 1 aromatic rings. The summed E-state index contributed by atoms with van der Waals surface area (Å²) < 4.78 is 0. The quantitative estimate of drug-likeness (QED) is 0.842. The van der Waals surface area contributed by atoms with Gasteiger partial charge in [-0.3, -0.25) is 0 Å². The van der Waals surface area contributed by atoms with E-state index in [0.29, 0.717) is 13.1 Å². The molecule has 94 valence electrons. The molecule has 0 saturated heterocycles. The van der Waals surface area contributed by atoms with E-state index < -0.39 is 0 Å². The first-order valence-corrected chi connectivity index (χ1v) is 6.00. The van der Waals surface area contributed by atoms with Gasteiger partial charge in [0.05, 0.1) is 0 Å². The van der Waals surface area contributed by atoms with Crippen molar-refractivity contribution in [2.45, 2.75) is 26.8 Å². The summed E-state index contributed by atoms with van der Waals surface area (Å²) in [5, 5.41) is 2.87. The number of rotatable bonds is 4. The summed E-state index contributed by atoms with van der Waals surface area (Å²) >= 11 is 0. The molecule has 1 aromatic carbocycles. The van der Waals surface area contributed by atoms with Crippen LogP contribution in [0.25, 0.3) is 0 Å². The molecule has 0 radical (unpaired) electrons. The Morgan fingerprint density at radius 1 is 1.41 bits per heavy atom. The van der Waals surface area contributed by atoms with Crippen LogP contribution in [-0.4, -0.2) is 24.0 Å². The highest BCUT2D eigenvalue weighted by Crippen LogP contribution is 2.15. The Morgan fingerprint density at radius 3 is 2.59 bits per heavy atom. The summed E-state index contributed by atoms with van der Waals surface area (Å²) in [6.07, 6.45) is 0. The van der Waals surface area contributed by atoms with Crippen molar-refractivity contribution in [1.82, 2.24) is 4.90 Å². The van der Waals surface area contributed by atoms with E-state index in [4.69, 9.17) is 5.73 Å². The number of hydrogen-bond acceptors (Lipinski definition) is 2. The monoisotopic (exact) mass is 235 g/mol. The van der Waals surface area contributed by atoms with Crippen molar-refractivity contribution in [3.8, 4) is 0 Å². The van der Waals surface area contributed by atoms with E-state index in [-0.39, 0.29) is 12.1 Å². The van der Waals surface area contributed by atoms with Gasteiger partial charge >= 0.3 is 6.03 Å². The highest BCUT2D eigenvalue weighted by Gasteiger charge is 2.09. The number of amides is 2. The number of benzene rings is 1. The highest BCUT2D eigenvalue weighted by molar-refractivity contribution is 5.89. The van der Waals surface area contributed by atoms with E-state index in [2.05, 4.69) is 5.32 Å². The standard InChI is InChI=1S/C13H21N3O/c1-4-16(5-2)13(17)15-12-8-6-7-11(9-12)10(3)14/h6-10H,4-5,14H2,1-3H3,(H,15,17). The van der Waals surface area contributed by atoms with E-state index >= 15 is 0 Å². The molecule has 1 atom stereocenters. The van der Waals surface area contributed by atoms with Gasteiger partial charge in [0.15, 0.2) is 0 Å². The zero-order valence-electron chi connectivity index (χ0n) is 10.7. The van der Waals surface area contributed by atoms with E-state index in [1.807, 2.05) is 45.0 Å². The number of carbonyl (C=O) groups excluding carboxylic acids is 1. The van der Waals surface area contributed by atoms with E-state index in [1.165, 1.54) is 0 Å². The molecule has 1 unspecified atom stereocenters. The fraction of sp³-hybridized carbons (Fsp3) is 0.462. The van der Waals surface area contributed by atoms with Gasteiger partial charge < -0.3 is 16.0 Å². The third kappa shape index (κ3) is 3.75. The highest BCUT2D eigenvalue weighted by atomic mass is 16.2. The molecule has 0 aliphatic carbocycles. The van der Waals surface area contributed by atoms with Gasteiger partial charge in [0.1, 0.15) is 0 Å². The normalized spacial score (nSPS) is 12.0. The molecule has 4 heteroatoms. The fourth-order valence-electron chi connectivity index (χ4n) is 1.61.